The van der Waals surface area contributed by atoms with Gasteiger partial charge in [-0.15, -0.1) is 0 Å². The summed E-state index contributed by atoms with van der Waals surface area (Å²) in [5, 5.41) is 10.3. The smallest absolute Gasteiger partial charge is 0.323 e. The standard InChI is InChI=1S/C22H21FN2O5S2/c1-22(2,31-19-5-3-4-14-24-19)20(21(26)27)25-32(28,29)18-12-10-17(11-13-18)30-16-8-6-15(23)7-9-16/h3-14,20,25H,1-2H3,(H,26,27)/t20-/m1/s1. The van der Waals surface area contributed by atoms with E-state index in [1.165, 1.54) is 48.5 Å². The summed E-state index contributed by atoms with van der Waals surface area (Å²) in [5.74, 6) is -0.976. The molecular weight excluding hydrogens is 455 g/mol. The van der Waals surface area contributed by atoms with E-state index < -0.39 is 32.6 Å². The number of hydrogen-bond acceptors (Lipinski definition) is 6. The number of carbonyl (C=O) groups is 1. The second-order valence-corrected chi connectivity index (χ2v) is 10.7. The first kappa shape index (κ1) is 23.7. The number of aliphatic carboxylic acids is 1. The molecule has 0 saturated heterocycles. The second-order valence-electron chi connectivity index (χ2n) is 7.29. The van der Waals surface area contributed by atoms with Crippen molar-refractivity contribution in [3.05, 3.63) is 78.7 Å². The lowest BCUT2D eigenvalue weighted by atomic mass is 10.1. The summed E-state index contributed by atoms with van der Waals surface area (Å²) < 4.78 is 45.5. The number of thioether (sulfide) groups is 1. The number of benzene rings is 2. The molecule has 0 aliphatic carbocycles. The highest BCUT2D eigenvalue weighted by Gasteiger charge is 2.40. The van der Waals surface area contributed by atoms with E-state index in [2.05, 4.69) is 9.71 Å². The van der Waals surface area contributed by atoms with E-state index in [1.807, 2.05) is 0 Å². The zero-order valence-electron chi connectivity index (χ0n) is 17.2. The SMILES string of the molecule is CC(C)(Sc1ccccn1)[C@H](NS(=O)(=O)c1ccc(Oc2ccc(F)cc2)cc1)C(=O)O. The Morgan fingerprint density at radius 3 is 2.19 bits per heavy atom. The van der Waals surface area contributed by atoms with E-state index >= 15 is 0 Å². The summed E-state index contributed by atoms with van der Waals surface area (Å²) in [5.41, 5.74) is 0. The van der Waals surface area contributed by atoms with Crippen molar-refractivity contribution in [3.63, 3.8) is 0 Å². The van der Waals surface area contributed by atoms with Gasteiger partial charge in [0, 0.05) is 10.9 Å². The van der Waals surface area contributed by atoms with Gasteiger partial charge in [0.25, 0.3) is 0 Å². The van der Waals surface area contributed by atoms with Gasteiger partial charge in [0.2, 0.25) is 10.0 Å². The van der Waals surface area contributed by atoms with Gasteiger partial charge in [0.1, 0.15) is 23.4 Å². The molecule has 1 atom stereocenters. The first-order valence-electron chi connectivity index (χ1n) is 9.45. The van der Waals surface area contributed by atoms with Crippen LogP contribution in [0, 0.1) is 5.82 Å². The number of carboxylic acid groups (broad SMARTS) is 1. The molecule has 3 aromatic rings. The average molecular weight is 477 g/mol. The topological polar surface area (TPSA) is 106 Å². The van der Waals surface area contributed by atoms with Crippen LogP contribution >= 0.6 is 11.8 Å². The second kappa shape index (κ2) is 9.68. The third kappa shape index (κ3) is 6.06. The van der Waals surface area contributed by atoms with Gasteiger partial charge in [0.05, 0.1) is 9.92 Å². The normalized spacial score (nSPS) is 12.8. The lowest BCUT2D eigenvalue weighted by Crippen LogP contribution is -2.52. The molecule has 32 heavy (non-hydrogen) atoms. The highest BCUT2D eigenvalue weighted by atomic mass is 32.2. The van der Waals surface area contributed by atoms with Gasteiger partial charge < -0.3 is 9.84 Å². The third-order valence-corrected chi connectivity index (χ3v) is 7.06. The maximum atomic E-state index is 13.0. The van der Waals surface area contributed by atoms with Crippen molar-refractivity contribution in [3.8, 4) is 11.5 Å². The lowest BCUT2D eigenvalue weighted by Gasteiger charge is -2.30. The Morgan fingerprint density at radius 1 is 1.06 bits per heavy atom. The molecule has 1 aromatic heterocycles. The van der Waals surface area contributed by atoms with E-state index in [4.69, 9.17) is 4.74 Å². The zero-order chi connectivity index (χ0) is 23.4. The van der Waals surface area contributed by atoms with Gasteiger partial charge in [-0.2, -0.15) is 4.72 Å². The maximum absolute atomic E-state index is 13.0. The fraction of sp³-hybridized carbons (Fsp3) is 0.182. The zero-order valence-corrected chi connectivity index (χ0v) is 18.9. The summed E-state index contributed by atoms with van der Waals surface area (Å²) in [4.78, 5) is 16.0. The number of aromatic nitrogens is 1. The quantitative estimate of drug-likeness (QED) is 0.443. The molecule has 3 rings (SSSR count). The lowest BCUT2D eigenvalue weighted by molar-refractivity contribution is -0.139. The van der Waals surface area contributed by atoms with Crippen molar-refractivity contribution >= 4 is 27.8 Å². The van der Waals surface area contributed by atoms with Crippen LogP contribution in [0.15, 0.2) is 82.8 Å². The molecular formula is C22H21FN2O5S2. The minimum absolute atomic E-state index is 0.117. The number of ether oxygens (including phenoxy) is 1. The van der Waals surface area contributed by atoms with Crippen LogP contribution in [0.25, 0.3) is 0 Å². The highest BCUT2D eigenvalue weighted by Crippen LogP contribution is 2.35. The Balaban J connectivity index is 1.76. The Kier molecular flexibility index (Phi) is 7.17. The van der Waals surface area contributed by atoms with Gasteiger partial charge >= 0.3 is 5.97 Å². The van der Waals surface area contributed by atoms with Crippen LogP contribution in [-0.4, -0.2) is 35.3 Å². The van der Waals surface area contributed by atoms with Gasteiger partial charge in [-0.3, -0.25) is 4.79 Å². The van der Waals surface area contributed by atoms with Crippen LogP contribution in [-0.2, 0) is 14.8 Å². The maximum Gasteiger partial charge on any atom is 0.323 e. The molecule has 0 fully saturated rings. The fourth-order valence-electron chi connectivity index (χ4n) is 2.77. The molecule has 0 radical (unpaired) electrons. The molecule has 0 spiro atoms. The summed E-state index contributed by atoms with van der Waals surface area (Å²) in [6, 6.07) is 14.7. The van der Waals surface area contributed by atoms with Crippen LogP contribution in [0.3, 0.4) is 0 Å². The van der Waals surface area contributed by atoms with Crippen LogP contribution < -0.4 is 9.46 Å². The number of sulfonamides is 1. The van der Waals surface area contributed by atoms with E-state index in [1.54, 1.807) is 38.2 Å². The van der Waals surface area contributed by atoms with Gasteiger partial charge in [-0.25, -0.2) is 17.8 Å². The largest absolute Gasteiger partial charge is 0.480 e. The average Bonchev–Trinajstić information content (AvgIpc) is 2.74. The van der Waals surface area contributed by atoms with Crippen molar-refractivity contribution in [2.75, 3.05) is 0 Å². The number of carboxylic acids is 1. The predicted molar refractivity (Wildman–Crippen MR) is 119 cm³/mol. The molecule has 0 unspecified atom stereocenters. The summed E-state index contributed by atoms with van der Waals surface area (Å²) in [6.07, 6.45) is 1.58. The molecule has 1 heterocycles. The molecule has 168 valence electrons. The Hall–Kier alpha value is -2.95. The molecule has 0 bridgehead atoms. The molecule has 7 nitrogen and oxygen atoms in total. The predicted octanol–water partition coefficient (Wildman–Crippen LogP) is 4.32. The highest BCUT2D eigenvalue weighted by molar-refractivity contribution is 8.00. The molecule has 0 amide bonds. The Bertz CT molecular complexity index is 1170. The molecule has 2 aromatic carbocycles. The first-order valence-corrected chi connectivity index (χ1v) is 11.8. The number of halogens is 1. The van der Waals surface area contributed by atoms with Gasteiger partial charge in [-0.05, 0) is 74.5 Å². The summed E-state index contributed by atoms with van der Waals surface area (Å²) in [7, 11) is -4.14. The van der Waals surface area contributed by atoms with E-state index in [-0.39, 0.29) is 4.90 Å². The Morgan fingerprint density at radius 2 is 1.66 bits per heavy atom. The number of hydrogen-bond donors (Lipinski definition) is 2. The van der Waals surface area contributed by atoms with Gasteiger partial charge in [-0.1, -0.05) is 17.8 Å². The summed E-state index contributed by atoms with van der Waals surface area (Å²) >= 11 is 1.16. The monoisotopic (exact) mass is 476 g/mol. The van der Waals surface area contributed by atoms with Crippen molar-refractivity contribution in [2.45, 2.75) is 34.6 Å². The van der Waals surface area contributed by atoms with Crippen molar-refractivity contribution in [1.82, 2.24) is 9.71 Å². The molecule has 0 aliphatic heterocycles. The van der Waals surface area contributed by atoms with Crippen molar-refractivity contribution < 1.29 is 27.4 Å². The summed E-state index contributed by atoms with van der Waals surface area (Å²) in [6.45, 7) is 3.26. The number of nitrogens with one attached hydrogen (secondary N) is 1. The minimum atomic E-state index is -4.14. The minimum Gasteiger partial charge on any atom is -0.480 e. The van der Waals surface area contributed by atoms with Gasteiger partial charge in [0.15, 0.2) is 0 Å². The number of nitrogens with zero attached hydrogens (tertiary/aromatic N) is 1. The molecule has 10 heteroatoms. The molecule has 0 aliphatic rings. The van der Waals surface area contributed by atoms with Crippen LogP contribution in [0.5, 0.6) is 11.5 Å². The van der Waals surface area contributed by atoms with Crippen molar-refractivity contribution in [1.29, 1.82) is 0 Å². The Labute approximate surface area is 189 Å². The van der Waals surface area contributed by atoms with Crippen LogP contribution in [0.2, 0.25) is 0 Å². The van der Waals surface area contributed by atoms with E-state index in [0.717, 1.165) is 11.8 Å². The molecule has 0 saturated carbocycles. The number of rotatable bonds is 9. The first-order chi connectivity index (χ1) is 15.1. The van der Waals surface area contributed by atoms with E-state index in [9.17, 15) is 22.7 Å². The molecule has 2 N–H and O–H groups in total. The van der Waals surface area contributed by atoms with Crippen molar-refractivity contribution in [2.24, 2.45) is 0 Å². The van der Waals surface area contributed by atoms with Crippen LogP contribution in [0.1, 0.15) is 13.8 Å². The fourth-order valence-corrected chi connectivity index (χ4v) is 5.26. The van der Waals surface area contributed by atoms with E-state index in [0.29, 0.717) is 16.5 Å². The number of pyridine rings is 1. The van der Waals surface area contributed by atoms with Crippen LogP contribution in [0.4, 0.5) is 4.39 Å². The third-order valence-electron chi connectivity index (χ3n) is 4.40.